The van der Waals surface area contributed by atoms with Gasteiger partial charge in [-0.3, -0.25) is 0 Å². The molecular formula is C25H49NO4. The molecule has 1 aliphatic rings. The van der Waals surface area contributed by atoms with E-state index in [2.05, 4.69) is 12.2 Å². The number of alkyl carbamates (subject to hydrolysis) is 1. The minimum Gasteiger partial charge on any atom is -0.443 e. The van der Waals surface area contributed by atoms with Crippen molar-refractivity contribution in [3.63, 3.8) is 0 Å². The zero-order valence-electron chi connectivity index (χ0n) is 19.8. The Kier molecular flexibility index (Phi) is 17.2. The van der Waals surface area contributed by atoms with Gasteiger partial charge in [-0.15, -0.1) is 0 Å². The molecule has 0 bridgehead atoms. The zero-order chi connectivity index (χ0) is 21.9. The van der Waals surface area contributed by atoms with E-state index in [1.807, 2.05) is 0 Å². The highest BCUT2D eigenvalue weighted by molar-refractivity contribution is 5.67. The molecular weight excluding hydrogens is 378 g/mol. The van der Waals surface area contributed by atoms with Crippen LogP contribution in [0.2, 0.25) is 0 Å². The molecule has 5 heteroatoms. The van der Waals surface area contributed by atoms with Crippen molar-refractivity contribution in [2.24, 2.45) is 0 Å². The van der Waals surface area contributed by atoms with E-state index in [0.717, 1.165) is 12.8 Å². The molecule has 0 spiro atoms. The molecule has 0 unspecified atom stereocenters. The summed E-state index contributed by atoms with van der Waals surface area (Å²) in [6.07, 6.45) is 21.1. The smallest absolute Gasteiger partial charge is 0.407 e. The van der Waals surface area contributed by atoms with Gasteiger partial charge < -0.3 is 19.9 Å². The molecule has 0 aromatic carbocycles. The molecule has 178 valence electrons. The molecule has 1 amide bonds. The molecule has 5 nitrogen and oxygen atoms in total. The second-order valence-electron chi connectivity index (χ2n) is 9.02. The maximum Gasteiger partial charge on any atom is 0.407 e. The topological polar surface area (TPSA) is 67.8 Å². The molecule has 0 aromatic heterocycles. The minimum absolute atomic E-state index is 0.337. The van der Waals surface area contributed by atoms with E-state index in [9.17, 15) is 9.90 Å². The summed E-state index contributed by atoms with van der Waals surface area (Å²) in [4.78, 5) is 11.9. The normalized spacial score (nSPS) is 21.1. The molecule has 0 aromatic rings. The Morgan fingerprint density at radius 2 is 1.27 bits per heavy atom. The number of hydrogen-bond acceptors (Lipinski definition) is 4. The summed E-state index contributed by atoms with van der Waals surface area (Å²) in [5.41, 5.74) is 0. The van der Waals surface area contributed by atoms with Crippen LogP contribution >= 0.6 is 0 Å². The summed E-state index contributed by atoms with van der Waals surface area (Å²) in [7, 11) is 1.55. The van der Waals surface area contributed by atoms with E-state index in [1.54, 1.807) is 7.11 Å². The monoisotopic (exact) mass is 427 g/mol. The molecule has 3 atom stereocenters. The second-order valence-corrected chi connectivity index (χ2v) is 9.02. The van der Waals surface area contributed by atoms with Gasteiger partial charge in [-0.25, -0.2) is 4.79 Å². The van der Waals surface area contributed by atoms with Crippen LogP contribution in [0.4, 0.5) is 4.79 Å². The third-order valence-electron chi connectivity index (χ3n) is 6.32. The van der Waals surface area contributed by atoms with Gasteiger partial charge in [0.15, 0.2) is 0 Å². The van der Waals surface area contributed by atoms with Crippen LogP contribution in [-0.4, -0.2) is 43.2 Å². The lowest BCUT2D eigenvalue weighted by Gasteiger charge is -2.20. The Bertz CT molecular complexity index is 405. The molecule has 30 heavy (non-hydrogen) atoms. The van der Waals surface area contributed by atoms with Crippen LogP contribution < -0.4 is 5.32 Å². The van der Waals surface area contributed by atoms with Crippen LogP contribution in [0.5, 0.6) is 0 Å². The molecule has 1 aliphatic carbocycles. The van der Waals surface area contributed by atoms with Gasteiger partial charge in [-0.05, 0) is 19.3 Å². The number of ether oxygens (including phenoxy) is 2. The molecule has 0 saturated heterocycles. The van der Waals surface area contributed by atoms with Crippen molar-refractivity contribution in [1.29, 1.82) is 0 Å². The van der Waals surface area contributed by atoms with Crippen molar-refractivity contribution in [3.8, 4) is 0 Å². The van der Waals surface area contributed by atoms with Crippen LogP contribution in [0.25, 0.3) is 0 Å². The molecule has 1 fully saturated rings. The van der Waals surface area contributed by atoms with Crippen molar-refractivity contribution in [1.82, 2.24) is 5.32 Å². The first-order valence-electron chi connectivity index (χ1n) is 12.8. The molecule has 0 radical (unpaired) electrons. The van der Waals surface area contributed by atoms with E-state index < -0.39 is 18.3 Å². The first-order valence-corrected chi connectivity index (χ1v) is 12.8. The predicted octanol–water partition coefficient (Wildman–Crippen LogP) is 6.51. The van der Waals surface area contributed by atoms with Crippen molar-refractivity contribution in [2.75, 3.05) is 13.7 Å². The maximum atomic E-state index is 11.9. The second kappa shape index (κ2) is 18.9. The molecule has 0 aliphatic heterocycles. The first kappa shape index (κ1) is 27.2. The number of carbonyl (C=O) groups excluding carboxylic acids is 1. The Labute approximate surface area is 185 Å². The minimum atomic E-state index is -0.534. The third-order valence-corrected chi connectivity index (χ3v) is 6.32. The van der Waals surface area contributed by atoms with Gasteiger partial charge in [0.1, 0.15) is 12.2 Å². The lowest BCUT2D eigenvalue weighted by atomic mass is 10.0. The first-order chi connectivity index (χ1) is 14.7. The number of aliphatic hydroxyl groups excluding tert-OH is 1. The number of carbonyl (C=O) groups is 1. The number of amides is 1. The van der Waals surface area contributed by atoms with Crippen molar-refractivity contribution in [3.05, 3.63) is 0 Å². The van der Waals surface area contributed by atoms with Crippen LogP contribution in [0.1, 0.15) is 122 Å². The van der Waals surface area contributed by atoms with E-state index in [0.29, 0.717) is 19.4 Å². The van der Waals surface area contributed by atoms with Gasteiger partial charge in [0.25, 0.3) is 0 Å². The Morgan fingerprint density at radius 1 is 0.800 bits per heavy atom. The summed E-state index contributed by atoms with van der Waals surface area (Å²) >= 11 is 0. The van der Waals surface area contributed by atoms with Gasteiger partial charge in [-0.2, -0.15) is 0 Å². The highest BCUT2D eigenvalue weighted by Gasteiger charge is 2.37. The van der Waals surface area contributed by atoms with Crippen molar-refractivity contribution >= 4 is 6.09 Å². The Balaban J connectivity index is 1.79. The summed E-state index contributed by atoms with van der Waals surface area (Å²) < 4.78 is 10.6. The number of nitrogens with one attached hydrogen (secondary N) is 1. The van der Waals surface area contributed by atoms with E-state index >= 15 is 0 Å². The van der Waals surface area contributed by atoms with E-state index in [4.69, 9.17) is 9.47 Å². The van der Waals surface area contributed by atoms with Crippen molar-refractivity contribution in [2.45, 2.75) is 141 Å². The summed E-state index contributed by atoms with van der Waals surface area (Å²) in [6.45, 7) is 2.93. The van der Waals surface area contributed by atoms with Gasteiger partial charge in [-0.1, -0.05) is 103 Å². The number of hydrogen-bond donors (Lipinski definition) is 2. The predicted molar refractivity (Wildman–Crippen MR) is 124 cm³/mol. The fourth-order valence-corrected chi connectivity index (χ4v) is 4.39. The van der Waals surface area contributed by atoms with Crippen LogP contribution in [0, 0.1) is 0 Å². The number of methoxy groups -OCH3 is 1. The van der Waals surface area contributed by atoms with E-state index in [1.165, 1.54) is 89.9 Å². The van der Waals surface area contributed by atoms with Crippen molar-refractivity contribution < 1.29 is 19.4 Å². The number of rotatable bonds is 19. The largest absolute Gasteiger partial charge is 0.443 e. The summed E-state index contributed by atoms with van der Waals surface area (Å²) in [6, 6.07) is 0. The maximum absolute atomic E-state index is 11.9. The number of aliphatic hydroxyl groups is 1. The number of unbranched alkanes of at least 4 members (excludes halogenated alkanes) is 15. The highest BCUT2D eigenvalue weighted by atomic mass is 16.6. The molecule has 1 saturated carbocycles. The summed E-state index contributed by atoms with van der Waals surface area (Å²) in [5, 5.41) is 12.6. The Hall–Kier alpha value is -0.810. The fraction of sp³-hybridized carbons (Fsp3) is 0.960. The lowest BCUT2D eigenvalue weighted by molar-refractivity contribution is -0.0503. The standard InChI is InChI=1S/C25H49NO4/c1-3-4-5-6-7-8-9-10-11-12-13-14-15-16-17-18-21-26-25(28)30-23-20-19-22(27)24(23)29-2/h22-24,27H,3-21H2,1-2H3,(H,26,28)/t22-,23+,24+/m1/s1. The van der Waals surface area contributed by atoms with Crippen LogP contribution in [0.15, 0.2) is 0 Å². The Morgan fingerprint density at radius 3 is 1.73 bits per heavy atom. The average molecular weight is 428 g/mol. The lowest BCUT2D eigenvalue weighted by Crippen LogP contribution is -2.37. The van der Waals surface area contributed by atoms with Gasteiger partial charge >= 0.3 is 6.09 Å². The van der Waals surface area contributed by atoms with Gasteiger partial charge in [0.05, 0.1) is 6.10 Å². The van der Waals surface area contributed by atoms with E-state index in [-0.39, 0.29) is 6.10 Å². The zero-order valence-corrected chi connectivity index (χ0v) is 19.8. The molecule has 2 N–H and O–H groups in total. The molecule has 1 rings (SSSR count). The SMILES string of the molecule is CCCCCCCCCCCCCCCCCCNC(=O)O[C@H]1CC[C@@H](O)[C@@H]1OC. The van der Waals surface area contributed by atoms with Gasteiger partial charge in [0, 0.05) is 13.7 Å². The summed E-state index contributed by atoms with van der Waals surface area (Å²) in [5.74, 6) is 0. The fourth-order valence-electron chi connectivity index (χ4n) is 4.39. The third kappa shape index (κ3) is 13.5. The van der Waals surface area contributed by atoms with Crippen LogP contribution in [-0.2, 0) is 9.47 Å². The average Bonchev–Trinajstić information content (AvgIpc) is 3.09. The quantitative estimate of drug-likeness (QED) is 0.230. The van der Waals surface area contributed by atoms with Crippen LogP contribution in [0.3, 0.4) is 0 Å². The highest BCUT2D eigenvalue weighted by Crippen LogP contribution is 2.25. The molecule has 0 heterocycles. The van der Waals surface area contributed by atoms with Gasteiger partial charge in [0.2, 0.25) is 0 Å².